The van der Waals surface area contributed by atoms with E-state index in [-0.39, 0.29) is 5.91 Å². The zero-order valence-corrected chi connectivity index (χ0v) is 9.04. The number of nitrogens with one attached hydrogen (secondary N) is 1. The largest absolute Gasteiger partial charge is 0.467 e. The summed E-state index contributed by atoms with van der Waals surface area (Å²) in [4.78, 5) is 11.8. The van der Waals surface area contributed by atoms with Crippen molar-refractivity contribution in [3.8, 4) is 5.75 Å². The molecule has 1 aromatic carbocycles. The number of para-hydroxylation sites is 1. The minimum absolute atomic E-state index is 0.0412. The Morgan fingerprint density at radius 2 is 1.93 bits per heavy atom. The number of rotatable bonds is 2. The lowest BCUT2D eigenvalue weighted by Gasteiger charge is -2.37. The first kappa shape index (κ1) is 10.0. The first-order valence-corrected chi connectivity index (χ1v) is 5.31. The highest BCUT2D eigenvalue weighted by Gasteiger charge is 2.36. The average molecular weight is 205 g/mol. The van der Waals surface area contributed by atoms with Crippen molar-refractivity contribution in [3.05, 3.63) is 29.8 Å². The number of carbonyl (C=O) groups excluding carboxylic acids is 1. The molecule has 1 N–H and O–H groups in total. The van der Waals surface area contributed by atoms with Crippen LogP contribution < -0.4 is 10.1 Å². The van der Waals surface area contributed by atoms with Gasteiger partial charge in [-0.3, -0.25) is 4.79 Å². The zero-order valence-electron chi connectivity index (χ0n) is 9.04. The molecule has 0 fully saturated rings. The summed E-state index contributed by atoms with van der Waals surface area (Å²) >= 11 is 0. The summed E-state index contributed by atoms with van der Waals surface area (Å²) in [6.45, 7) is 4.02. The van der Waals surface area contributed by atoms with E-state index in [1.807, 2.05) is 32.0 Å². The molecule has 3 nitrogen and oxygen atoms in total. The SMILES string of the molecule is CCC1(CC)NC(=O)c2ccccc2O1. The Morgan fingerprint density at radius 1 is 1.27 bits per heavy atom. The van der Waals surface area contributed by atoms with E-state index in [0.29, 0.717) is 11.3 Å². The highest BCUT2D eigenvalue weighted by molar-refractivity contribution is 5.98. The summed E-state index contributed by atoms with van der Waals surface area (Å²) in [5.74, 6) is 0.644. The summed E-state index contributed by atoms with van der Waals surface area (Å²) < 4.78 is 5.86. The van der Waals surface area contributed by atoms with Crippen molar-refractivity contribution < 1.29 is 9.53 Å². The van der Waals surface area contributed by atoms with E-state index in [1.165, 1.54) is 0 Å². The van der Waals surface area contributed by atoms with Crippen molar-refractivity contribution in [2.75, 3.05) is 0 Å². The van der Waals surface area contributed by atoms with Gasteiger partial charge in [0.25, 0.3) is 5.91 Å². The van der Waals surface area contributed by atoms with Gasteiger partial charge in [-0.15, -0.1) is 0 Å². The molecule has 0 unspecified atom stereocenters. The van der Waals surface area contributed by atoms with Crippen LogP contribution in [0.25, 0.3) is 0 Å². The normalized spacial score (nSPS) is 17.6. The van der Waals surface area contributed by atoms with E-state index < -0.39 is 5.72 Å². The van der Waals surface area contributed by atoms with Crippen molar-refractivity contribution in [2.45, 2.75) is 32.4 Å². The lowest BCUT2D eigenvalue weighted by Crippen LogP contribution is -2.55. The van der Waals surface area contributed by atoms with Gasteiger partial charge in [0.1, 0.15) is 5.75 Å². The monoisotopic (exact) mass is 205 g/mol. The van der Waals surface area contributed by atoms with E-state index >= 15 is 0 Å². The molecule has 80 valence electrons. The summed E-state index contributed by atoms with van der Waals surface area (Å²) in [6.07, 6.45) is 1.53. The fourth-order valence-corrected chi connectivity index (χ4v) is 1.82. The number of fused-ring (bicyclic) bond motifs is 1. The third kappa shape index (κ3) is 1.58. The summed E-state index contributed by atoms with van der Waals surface area (Å²) in [5, 5.41) is 2.92. The standard InChI is InChI=1S/C12H15NO2/c1-3-12(4-2)13-11(14)9-7-5-6-8-10(9)15-12/h5-8H,3-4H2,1-2H3,(H,13,14). The molecule has 15 heavy (non-hydrogen) atoms. The smallest absolute Gasteiger partial charge is 0.258 e. The lowest BCUT2D eigenvalue weighted by molar-refractivity contribution is 0.0127. The molecule has 0 spiro atoms. The van der Waals surface area contributed by atoms with Gasteiger partial charge >= 0.3 is 0 Å². The molecule has 0 bridgehead atoms. The van der Waals surface area contributed by atoms with Crippen LogP contribution in [0.2, 0.25) is 0 Å². The molecule has 1 aromatic rings. The predicted molar refractivity (Wildman–Crippen MR) is 57.8 cm³/mol. The molecule has 0 saturated carbocycles. The van der Waals surface area contributed by atoms with Crippen LogP contribution in [-0.2, 0) is 0 Å². The topological polar surface area (TPSA) is 38.3 Å². The average Bonchev–Trinajstić information content (AvgIpc) is 2.29. The minimum atomic E-state index is -0.522. The van der Waals surface area contributed by atoms with Crippen LogP contribution in [0.4, 0.5) is 0 Å². The third-order valence-electron chi connectivity index (χ3n) is 2.92. The fourth-order valence-electron chi connectivity index (χ4n) is 1.82. The van der Waals surface area contributed by atoms with E-state index in [4.69, 9.17) is 4.74 Å². The Labute approximate surface area is 89.4 Å². The van der Waals surface area contributed by atoms with Gasteiger partial charge in [-0.05, 0) is 12.1 Å². The van der Waals surface area contributed by atoms with Gasteiger partial charge in [0.15, 0.2) is 5.72 Å². The number of ether oxygens (including phenoxy) is 1. The van der Waals surface area contributed by atoms with Crippen molar-refractivity contribution >= 4 is 5.91 Å². The number of benzene rings is 1. The van der Waals surface area contributed by atoms with Crippen LogP contribution in [0, 0.1) is 0 Å². The molecule has 1 amide bonds. The number of hydrogen-bond donors (Lipinski definition) is 1. The Kier molecular flexibility index (Phi) is 2.39. The van der Waals surface area contributed by atoms with Gasteiger partial charge in [-0.1, -0.05) is 26.0 Å². The van der Waals surface area contributed by atoms with Crippen molar-refractivity contribution in [1.29, 1.82) is 0 Å². The molecule has 1 heterocycles. The highest BCUT2D eigenvalue weighted by Crippen LogP contribution is 2.30. The van der Waals surface area contributed by atoms with Crippen molar-refractivity contribution in [2.24, 2.45) is 0 Å². The van der Waals surface area contributed by atoms with Gasteiger partial charge in [-0.25, -0.2) is 0 Å². The van der Waals surface area contributed by atoms with E-state index in [9.17, 15) is 4.79 Å². The van der Waals surface area contributed by atoms with Gasteiger partial charge in [0, 0.05) is 12.8 Å². The van der Waals surface area contributed by atoms with Gasteiger partial charge < -0.3 is 10.1 Å². The predicted octanol–water partition coefficient (Wildman–Crippen LogP) is 2.33. The Morgan fingerprint density at radius 3 is 2.60 bits per heavy atom. The second-order valence-electron chi connectivity index (χ2n) is 3.75. The van der Waals surface area contributed by atoms with E-state index in [0.717, 1.165) is 12.8 Å². The molecular formula is C12H15NO2. The molecular weight excluding hydrogens is 190 g/mol. The maximum Gasteiger partial charge on any atom is 0.258 e. The first-order chi connectivity index (χ1) is 7.21. The van der Waals surface area contributed by atoms with Crippen LogP contribution in [-0.4, -0.2) is 11.6 Å². The number of carbonyl (C=O) groups is 1. The maximum absolute atomic E-state index is 11.8. The van der Waals surface area contributed by atoms with Crippen LogP contribution >= 0.6 is 0 Å². The minimum Gasteiger partial charge on any atom is -0.467 e. The van der Waals surface area contributed by atoms with Crippen LogP contribution in [0.15, 0.2) is 24.3 Å². The quantitative estimate of drug-likeness (QED) is 0.804. The van der Waals surface area contributed by atoms with Gasteiger partial charge in [0.2, 0.25) is 0 Å². The summed E-state index contributed by atoms with van der Waals surface area (Å²) in [6, 6.07) is 7.34. The lowest BCUT2D eigenvalue weighted by atomic mass is 10.0. The van der Waals surface area contributed by atoms with Gasteiger partial charge in [-0.2, -0.15) is 0 Å². The molecule has 0 radical (unpaired) electrons. The molecule has 0 atom stereocenters. The fraction of sp³-hybridized carbons (Fsp3) is 0.417. The first-order valence-electron chi connectivity index (χ1n) is 5.31. The number of amides is 1. The van der Waals surface area contributed by atoms with Gasteiger partial charge in [0.05, 0.1) is 5.56 Å². The molecule has 3 heteroatoms. The van der Waals surface area contributed by atoms with Crippen molar-refractivity contribution in [3.63, 3.8) is 0 Å². The second kappa shape index (κ2) is 3.57. The molecule has 0 aromatic heterocycles. The Balaban J connectivity index is 2.41. The number of hydrogen-bond acceptors (Lipinski definition) is 2. The Hall–Kier alpha value is -1.51. The van der Waals surface area contributed by atoms with Crippen molar-refractivity contribution in [1.82, 2.24) is 5.32 Å². The molecule has 2 rings (SSSR count). The van der Waals surface area contributed by atoms with Crippen LogP contribution in [0.3, 0.4) is 0 Å². The van der Waals surface area contributed by atoms with Crippen LogP contribution in [0.5, 0.6) is 5.75 Å². The van der Waals surface area contributed by atoms with Crippen LogP contribution in [0.1, 0.15) is 37.0 Å². The maximum atomic E-state index is 11.8. The van der Waals surface area contributed by atoms with E-state index in [2.05, 4.69) is 5.32 Å². The van der Waals surface area contributed by atoms with E-state index in [1.54, 1.807) is 6.07 Å². The summed E-state index contributed by atoms with van der Waals surface area (Å²) in [7, 11) is 0. The molecule has 1 aliphatic rings. The highest BCUT2D eigenvalue weighted by atomic mass is 16.5. The second-order valence-corrected chi connectivity index (χ2v) is 3.75. The molecule has 0 saturated heterocycles. The molecule has 0 aliphatic carbocycles. The zero-order chi connectivity index (χ0) is 10.9. The third-order valence-corrected chi connectivity index (χ3v) is 2.92. The summed E-state index contributed by atoms with van der Waals surface area (Å²) in [5.41, 5.74) is 0.0980. The Bertz CT molecular complexity index is 383. The molecule has 1 aliphatic heterocycles.